The molecular formula is C21H29NO4. The molecule has 0 aromatic heterocycles. The molecule has 2 aliphatic rings. The van der Waals surface area contributed by atoms with Gasteiger partial charge in [-0.2, -0.15) is 0 Å². The van der Waals surface area contributed by atoms with Crippen molar-refractivity contribution in [1.82, 2.24) is 4.90 Å². The van der Waals surface area contributed by atoms with Crippen LogP contribution in [0.3, 0.4) is 0 Å². The van der Waals surface area contributed by atoms with Gasteiger partial charge in [0, 0.05) is 19.4 Å². The Morgan fingerprint density at radius 3 is 2.54 bits per heavy atom. The molecule has 1 aliphatic carbocycles. The van der Waals surface area contributed by atoms with E-state index in [4.69, 9.17) is 4.74 Å². The van der Waals surface area contributed by atoms with E-state index in [1.807, 2.05) is 51.1 Å². The van der Waals surface area contributed by atoms with Crippen molar-refractivity contribution in [3.8, 4) is 0 Å². The number of rotatable bonds is 3. The maximum Gasteiger partial charge on any atom is 0.317 e. The number of carbonyl (C=O) groups excluding carboxylic acids is 2. The van der Waals surface area contributed by atoms with E-state index in [9.17, 15) is 14.7 Å². The lowest BCUT2D eigenvalue weighted by Crippen LogP contribution is -2.67. The van der Waals surface area contributed by atoms with Crippen molar-refractivity contribution in [2.24, 2.45) is 11.3 Å². The van der Waals surface area contributed by atoms with Crippen LogP contribution in [0.5, 0.6) is 0 Å². The lowest BCUT2D eigenvalue weighted by Gasteiger charge is -2.52. The van der Waals surface area contributed by atoms with Gasteiger partial charge in [0.05, 0.1) is 0 Å². The highest BCUT2D eigenvalue weighted by Crippen LogP contribution is 2.58. The average Bonchev–Trinajstić information content (AvgIpc) is 2.86. The van der Waals surface area contributed by atoms with Crippen LogP contribution in [0.1, 0.15) is 52.0 Å². The molecule has 1 aromatic carbocycles. The number of benzene rings is 1. The highest BCUT2D eigenvalue weighted by atomic mass is 16.6. The van der Waals surface area contributed by atoms with E-state index in [1.54, 1.807) is 7.05 Å². The zero-order valence-corrected chi connectivity index (χ0v) is 16.1. The summed E-state index contributed by atoms with van der Waals surface area (Å²) in [5, 5.41) is 11.8. The van der Waals surface area contributed by atoms with Crippen LogP contribution in [0.4, 0.5) is 0 Å². The Balaban J connectivity index is 1.98. The van der Waals surface area contributed by atoms with Crippen LogP contribution in [0.15, 0.2) is 30.3 Å². The largest absolute Gasteiger partial charge is 0.459 e. The van der Waals surface area contributed by atoms with E-state index in [0.29, 0.717) is 25.7 Å². The summed E-state index contributed by atoms with van der Waals surface area (Å²) >= 11 is 0. The first-order valence-corrected chi connectivity index (χ1v) is 9.36. The van der Waals surface area contributed by atoms with Gasteiger partial charge < -0.3 is 14.7 Å². The zero-order chi connectivity index (χ0) is 19.2. The molecule has 3 rings (SSSR count). The molecule has 5 nitrogen and oxygen atoms in total. The number of ether oxygens (including phenoxy) is 1. The number of piperidine rings is 1. The minimum Gasteiger partial charge on any atom is -0.459 e. The third-order valence-corrected chi connectivity index (χ3v) is 5.96. The number of carbonyl (C=O) groups is 2. The third-order valence-electron chi connectivity index (χ3n) is 5.96. The molecule has 0 radical (unpaired) electrons. The first-order chi connectivity index (χ1) is 12.1. The molecule has 5 heteroatoms. The predicted molar refractivity (Wildman–Crippen MR) is 98.1 cm³/mol. The summed E-state index contributed by atoms with van der Waals surface area (Å²) in [6, 6.07) is 9.91. The highest BCUT2D eigenvalue weighted by Gasteiger charge is 2.69. The lowest BCUT2D eigenvalue weighted by atomic mass is 9.69. The Labute approximate surface area is 155 Å². The zero-order valence-electron chi connectivity index (χ0n) is 16.1. The fourth-order valence-electron chi connectivity index (χ4n) is 4.65. The molecule has 1 saturated heterocycles. The van der Waals surface area contributed by atoms with Crippen LogP contribution >= 0.6 is 0 Å². The van der Waals surface area contributed by atoms with Crippen molar-refractivity contribution in [1.29, 1.82) is 0 Å². The predicted octanol–water partition coefficient (Wildman–Crippen LogP) is 2.91. The molecule has 0 bridgehead atoms. The number of hydrogen-bond donors (Lipinski definition) is 1. The number of likely N-dealkylation sites (tertiary alicyclic amines) is 1. The number of hydrogen-bond acceptors (Lipinski definition) is 4. The van der Waals surface area contributed by atoms with Crippen LogP contribution in [0.2, 0.25) is 0 Å². The molecule has 1 aromatic rings. The summed E-state index contributed by atoms with van der Waals surface area (Å²) in [5.41, 5.74) is -2.11. The number of amides is 1. The van der Waals surface area contributed by atoms with Gasteiger partial charge in [-0.15, -0.1) is 0 Å². The van der Waals surface area contributed by atoms with Crippen molar-refractivity contribution in [3.05, 3.63) is 35.9 Å². The van der Waals surface area contributed by atoms with E-state index < -0.39 is 16.7 Å². The van der Waals surface area contributed by atoms with Crippen molar-refractivity contribution < 1.29 is 19.4 Å². The SMILES string of the molecule is CN1C(=O)CC[C@]2(C(=O)OC(C)(C)C)CC[C@H](Cc3ccccc3)[C@]12O. The summed E-state index contributed by atoms with van der Waals surface area (Å²) < 4.78 is 5.69. The smallest absolute Gasteiger partial charge is 0.317 e. The normalized spacial score (nSPS) is 31.7. The number of fused-ring (bicyclic) bond motifs is 1. The molecule has 1 heterocycles. The molecule has 1 aliphatic heterocycles. The van der Waals surface area contributed by atoms with Gasteiger partial charge in [-0.3, -0.25) is 9.59 Å². The fourth-order valence-corrected chi connectivity index (χ4v) is 4.65. The summed E-state index contributed by atoms with van der Waals surface area (Å²) in [4.78, 5) is 27.0. The maximum atomic E-state index is 13.2. The third kappa shape index (κ3) is 2.92. The second-order valence-electron chi connectivity index (χ2n) is 8.69. The average molecular weight is 359 g/mol. The topological polar surface area (TPSA) is 66.8 Å². The second kappa shape index (κ2) is 6.38. The maximum absolute atomic E-state index is 13.2. The number of esters is 1. The second-order valence-corrected chi connectivity index (χ2v) is 8.69. The van der Waals surface area contributed by atoms with Gasteiger partial charge in [0.25, 0.3) is 0 Å². The van der Waals surface area contributed by atoms with Crippen molar-refractivity contribution >= 4 is 11.9 Å². The molecule has 2 fully saturated rings. The first-order valence-electron chi connectivity index (χ1n) is 9.36. The quantitative estimate of drug-likeness (QED) is 0.843. The van der Waals surface area contributed by atoms with Gasteiger partial charge in [0.1, 0.15) is 11.0 Å². The van der Waals surface area contributed by atoms with Gasteiger partial charge in [0.15, 0.2) is 5.72 Å². The van der Waals surface area contributed by atoms with Gasteiger partial charge in [-0.1, -0.05) is 30.3 Å². The van der Waals surface area contributed by atoms with E-state index in [-0.39, 0.29) is 24.2 Å². The monoisotopic (exact) mass is 359 g/mol. The van der Waals surface area contributed by atoms with Crippen LogP contribution in [-0.4, -0.2) is 40.3 Å². The van der Waals surface area contributed by atoms with Crippen molar-refractivity contribution in [2.75, 3.05) is 7.05 Å². The van der Waals surface area contributed by atoms with Gasteiger partial charge in [0.2, 0.25) is 5.91 Å². The number of aliphatic hydroxyl groups is 1. The molecule has 1 saturated carbocycles. The highest BCUT2D eigenvalue weighted by molar-refractivity contribution is 5.86. The van der Waals surface area contributed by atoms with Crippen LogP contribution in [0.25, 0.3) is 0 Å². The van der Waals surface area contributed by atoms with E-state index in [2.05, 4.69) is 0 Å². The molecule has 142 valence electrons. The molecule has 1 amide bonds. The lowest BCUT2D eigenvalue weighted by molar-refractivity contribution is -0.231. The summed E-state index contributed by atoms with van der Waals surface area (Å²) in [6.45, 7) is 5.48. The van der Waals surface area contributed by atoms with E-state index in [0.717, 1.165) is 5.56 Å². The van der Waals surface area contributed by atoms with E-state index >= 15 is 0 Å². The first kappa shape index (κ1) is 18.9. The van der Waals surface area contributed by atoms with E-state index in [1.165, 1.54) is 4.90 Å². The molecular weight excluding hydrogens is 330 g/mol. The van der Waals surface area contributed by atoms with Gasteiger partial charge in [-0.05, 0) is 52.0 Å². The molecule has 26 heavy (non-hydrogen) atoms. The van der Waals surface area contributed by atoms with Crippen molar-refractivity contribution in [3.63, 3.8) is 0 Å². The minimum absolute atomic E-state index is 0.119. The Morgan fingerprint density at radius 1 is 1.27 bits per heavy atom. The summed E-state index contributed by atoms with van der Waals surface area (Å²) in [7, 11) is 1.62. The van der Waals surface area contributed by atoms with Gasteiger partial charge >= 0.3 is 5.97 Å². The molecule has 0 spiro atoms. The standard InChI is InChI=1S/C21H29NO4/c1-19(2,3)26-18(24)20-12-10-16(14-15-8-6-5-7-9-15)21(20,25)22(4)17(23)11-13-20/h5-9,16,25H,10-14H2,1-4H3/t16-,20+,21-/m1/s1. The molecule has 1 N–H and O–H groups in total. The van der Waals surface area contributed by atoms with Crippen molar-refractivity contribution in [2.45, 2.75) is 64.2 Å². The fraction of sp³-hybridized carbons (Fsp3) is 0.619. The van der Waals surface area contributed by atoms with Crippen LogP contribution in [0, 0.1) is 11.3 Å². The Bertz CT molecular complexity index is 696. The van der Waals surface area contributed by atoms with Crippen LogP contribution < -0.4 is 0 Å². The Morgan fingerprint density at radius 2 is 1.92 bits per heavy atom. The van der Waals surface area contributed by atoms with Crippen LogP contribution in [-0.2, 0) is 20.7 Å². The minimum atomic E-state index is -1.51. The Kier molecular flexibility index (Phi) is 4.63. The summed E-state index contributed by atoms with van der Waals surface area (Å²) in [6.07, 6.45) is 2.44. The van der Waals surface area contributed by atoms with Gasteiger partial charge in [-0.25, -0.2) is 0 Å². The summed E-state index contributed by atoms with van der Waals surface area (Å²) in [5.74, 6) is -0.708. The molecule has 3 atom stereocenters. The Hall–Kier alpha value is -1.88. The number of nitrogens with zero attached hydrogens (tertiary/aromatic N) is 1. The molecule has 0 unspecified atom stereocenters.